The van der Waals surface area contributed by atoms with Gasteiger partial charge in [0, 0.05) is 16.9 Å². The first kappa shape index (κ1) is 13.5. The number of nitrogens with two attached hydrogens (primary N) is 2. The van der Waals surface area contributed by atoms with Crippen LogP contribution in [-0.4, -0.2) is 22.4 Å². The molecule has 0 atom stereocenters. The van der Waals surface area contributed by atoms with Crippen molar-refractivity contribution in [2.45, 2.75) is 6.92 Å². The summed E-state index contributed by atoms with van der Waals surface area (Å²) < 4.78 is 0.963. The van der Waals surface area contributed by atoms with E-state index in [0.29, 0.717) is 11.0 Å². The Morgan fingerprint density at radius 2 is 2.12 bits per heavy atom. The Kier molecular flexibility index (Phi) is 4.76. The van der Waals surface area contributed by atoms with Crippen LogP contribution in [0.15, 0.2) is 22.3 Å². The fourth-order valence-electron chi connectivity index (χ4n) is 1.20. The fourth-order valence-corrected chi connectivity index (χ4v) is 2.12. The van der Waals surface area contributed by atoms with Gasteiger partial charge in [-0.3, -0.25) is 4.98 Å². The third-order valence-electron chi connectivity index (χ3n) is 2.16. The van der Waals surface area contributed by atoms with Crippen LogP contribution < -0.4 is 11.6 Å². The number of hydrogen-bond acceptors (Lipinski definition) is 4. The lowest BCUT2D eigenvalue weighted by molar-refractivity contribution is 0.446. The molecule has 6 heteroatoms. The van der Waals surface area contributed by atoms with Gasteiger partial charge in [0.05, 0.1) is 22.8 Å². The van der Waals surface area contributed by atoms with Crippen molar-refractivity contribution in [3.63, 3.8) is 0 Å². The topological polar surface area (TPSA) is 68.2 Å². The van der Waals surface area contributed by atoms with E-state index in [4.69, 9.17) is 11.6 Å². The van der Waals surface area contributed by atoms with Gasteiger partial charge in [0.1, 0.15) is 0 Å². The molecule has 0 amide bonds. The Hall–Kier alpha value is -0.590. The van der Waals surface area contributed by atoms with Crippen molar-refractivity contribution < 1.29 is 0 Å². The summed E-state index contributed by atoms with van der Waals surface area (Å²) >= 11 is 6.75. The van der Waals surface area contributed by atoms with Crippen LogP contribution in [0.5, 0.6) is 0 Å². The zero-order chi connectivity index (χ0) is 12.3. The molecule has 16 heavy (non-hydrogen) atoms. The van der Waals surface area contributed by atoms with E-state index >= 15 is 0 Å². The number of allylic oxidation sites excluding steroid dienone is 1. The standard InChI is InChI=1S/C10H14Br2N4/c1-6-7(12)3-4-8(15-6)10(13)9(5-11)16(2)14/h3-4H,5,13-14H2,1-2H3/b10-9-. The van der Waals surface area contributed by atoms with Crippen LogP contribution in [0.2, 0.25) is 0 Å². The Labute approximate surface area is 112 Å². The van der Waals surface area contributed by atoms with Gasteiger partial charge in [-0.25, -0.2) is 5.84 Å². The van der Waals surface area contributed by atoms with Crippen LogP contribution >= 0.6 is 31.9 Å². The largest absolute Gasteiger partial charge is 0.395 e. The van der Waals surface area contributed by atoms with Gasteiger partial charge in [-0.05, 0) is 35.0 Å². The highest BCUT2D eigenvalue weighted by Crippen LogP contribution is 2.19. The van der Waals surface area contributed by atoms with E-state index in [1.165, 1.54) is 5.01 Å². The first-order chi connectivity index (χ1) is 7.47. The molecule has 1 heterocycles. The summed E-state index contributed by atoms with van der Waals surface area (Å²) in [7, 11) is 1.75. The van der Waals surface area contributed by atoms with Gasteiger partial charge in [0.15, 0.2) is 0 Å². The molecule has 1 aromatic rings. The van der Waals surface area contributed by atoms with Gasteiger partial charge in [0.2, 0.25) is 0 Å². The second-order valence-corrected chi connectivity index (χ2v) is 4.78. The average Bonchev–Trinajstić information content (AvgIpc) is 2.22. The van der Waals surface area contributed by atoms with Gasteiger partial charge in [-0.15, -0.1) is 0 Å². The number of rotatable bonds is 3. The van der Waals surface area contributed by atoms with Crippen molar-refractivity contribution in [1.82, 2.24) is 9.99 Å². The van der Waals surface area contributed by atoms with Crippen LogP contribution in [0.4, 0.5) is 0 Å². The van der Waals surface area contributed by atoms with E-state index in [2.05, 4.69) is 36.8 Å². The molecule has 0 aliphatic heterocycles. The average molecular weight is 350 g/mol. The summed E-state index contributed by atoms with van der Waals surface area (Å²) in [6, 6.07) is 3.78. The van der Waals surface area contributed by atoms with Crippen LogP contribution in [0.25, 0.3) is 5.70 Å². The molecule has 1 rings (SSSR count). The second-order valence-electron chi connectivity index (χ2n) is 3.37. The number of nitrogens with zero attached hydrogens (tertiary/aromatic N) is 2. The Morgan fingerprint density at radius 1 is 1.50 bits per heavy atom. The molecule has 0 saturated heterocycles. The van der Waals surface area contributed by atoms with E-state index in [1.54, 1.807) is 7.05 Å². The van der Waals surface area contributed by atoms with Crippen molar-refractivity contribution in [3.8, 4) is 0 Å². The molecule has 0 aliphatic rings. The first-order valence-corrected chi connectivity index (χ1v) is 6.55. The molecule has 88 valence electrons. The maximum absolute atomic E-state index is 6.02. The van der Waals surface area contributed by atoms with E-state index in [0.717, 1.165) is 21.6 Å². The summed E-state index contributed by atoms with van der Waals surface area (Å²) in [6.45, 7) is 1.92. The normalized spacial score (nSPS) is 12.3. The molecule has 0 fully saturated rings. The van der Waals surface area contributed by atoms with E-state index in [1.807, 2.05) is 19.1 Å². The Bertz CT molecular complexity index is 415. The highest BCUT2D eigenvalue weighted by atomic mass is 79.9. The first-order valence-electron chi connectivity index (χ1n) is 4.64. The summed E-state index contributed by atoms with van der Waals surface area (Å²) in [6.07, 6.45) is 0. The van der Waals surface area contributed by atoms with Crippen molar-refractivity contribution in [1.29, 1.82) is 0 Å². The van der Waals surface area contributed by atoms with Crippen LogP contribution in [0.3, 0.4) is 0 Å². The fraction of sp³-hybridized carbons (Fsp3) is 0.300. The zero-order valence-electron chi connectivity index (χ0n) is 9.17. The lowest BCUT2D eigenvalue weighted by atomic mass is 10.2. The number of hydrogen-bond donors (Lipinski definition) is 2. The summed E-state index contributed by atoms with van der Waals surface area (Å²) in [5.41, 5.74) is 9.03. The van der Waals surface area contributed by atoms with Crippen LogP contribution in [0.1, 0.15) is 11.4 Å². The maximum Gasteiger partial charge on any atom is 0.0881 e. The van der Waals surface area contributed by atoms with Gasteiger partial charge in [0.25, 0.3) is 0 Å². The molecule has 0 unspecified atom stereocenters. The third-order valence-corrected chi connectivity index (χ3v) is 3.53. The van der Waals surface area contributed by atoms with Crippen molar-refractivity contribution in [2.24, 2.45) is 11.6 Å². The van der Waals surface area contributed by atoms with Crippen molar-refractivity contribution in [2.75, 3.05) is 12.4 Å². The van der Waals surface area contributed by atoms with E-state index in [9.17, 15) is 0 Å². The molecule has 1 aromatic heterocycles. The Morgan fingerprint density at radius 3 is 2.56 bits per heavy atom. The van der Waals surface area contributed by atoms with Crippen LogP contribution in [-0.2, 0) is 0 Å². The molecule has 4 N–H and O–H groups in total. The quantitative estimate of drug-likeness (QED) is 0.497. The molecule has 0 aliphatic carbocycles. The predicted octanol–water partition coefficient (Wildman–Crippen LogP) is 1.98. The number of aromatic nitrogens is 1. The minimum absolute atomic E-state index is 0.581. The Balaban J connectivity index is 3.21. The number of hydrazine groups is 1. The lowest BCUT2D eigenvalue weighted by Gasteiger charge is -2.17. The van der Waals surface area contributed by atoms with Crippen molar-refractivity contribution >= 4 is 37.6 Å². The SMILES string of the molecule is Cc1nc(/C(N)=C(\CBr)N(C)N)ccc1Br. The predicted molar refractivity (Wildman–Crippen MR) is 73.5 cm³/mol. The number of halogens is 2. The lowest BCUT2D eigenvalue weighted by Crippen LogP contribution is -2.28. The van der Waals surface area contributed by atoms with E-state index < -0.39 is 0 Å². The minimum atomic E-state index is 0.581. The minimum Gasteiger partial charge on any atom is -0.395 e. The molecule has 0 aromatic carbocycles. The summed E-state index contributed by atoms with van der Waals surface area (Å²) in [4.78, 5) is 4.39. The molecular formula is C10H14Br2N4. The molecule has 0 bridgehead atoms. The molecule has 0 radical (unpaired) electrons. The zero-order valence-corrected chi connectivity index (χ0v) is 12.3. The summed E-state index contributed by atoms with van der Waals surface area (Å²) in [5.74, 6) is 5.68. The number of aryl methyl sites for hydroxylation is 1. The van der Waals surface area contributed by atoms with Gasteiger partial charge in [-0.2, -0.15) is 0 Å². The molecular weight excluding hydrogens is 336 g/mol. The summed E-state index contributed by atoms with van der Waals surface area (Å²) in [5, 5.41) is 2.08. The van der Waals surface area contributed by atoms with Crippen LogP contribution in [0, 0.1) is 6.92 Å². The van der Waals surface area contributed by atoms with Gasteiger partial charge < -0.3 is 10.7 Å². The molecule has 0 saturated carbocycles. The molecule has 0 spiro atoms. The van der Waals surface area contributed by atoms with Gasteiger partial charge in [-0.1, -0.05) is 15.9 Å². The van der Waals surface area contributed by atoms with E-state index in [-0.39, 0.29) is 0 Å². The number of alkyl halides is 1. The highest BCUT2D eigenvalue weighted by molar-refractivity contribution is 9.10. The third kappa shape index (κ3) is 2.96. The van der Waals surface area contributed by atoms with Gasteiger partial charge >= 0.3 is 0 Å². The monoisotopic (exact) mass is 348 g/mol. The smallest absolute Gasteiger partial charge is 0.0881 e. The number of pyridine rings is 1. The highest BCUT2D eigenvalue weighted by Gasteiger charge is 2.09. The second kappa shape index (κ2) is 5.65. The maximum atomic E-state index is 6.02. The van der Waals surface area contributed by atoms with Crippen molar-refractivity contribution in [3.05, 3.63) is 33.7 Å². The molecule has 4 nitrogen and oxygen atoms in total.